The molecule has 5 nitrogen and oxygen atoms in total. The normalized spacial score (nSPS) is 20.7. The van der Waals surface area contributed by atoms with Crippen molar-refractivity contribution in [2.45, 2.75) is 38.1 Å². The van der Waals surface area contributed by atoms with Crippen molar-refractivity contribution in [2.75, 3.05) is 5.32 Å². The van der Waals surface area contributed by atoms with Gasteiger partial charge in [-0.1, -0.05) is 13.0 Å². The molecule has 1 amide bonds. The lowest BCUT2D eigenvalue weighted by Gasteiger charge is -2.32. The molecule has 1 aromatic carbocycles. The van der Waals surface area contributed by atoms with Gasteiger partial charge in [0.05, 0.1) is 17.4 Å². The number of pyridine rings is 2. The summed E-state index contributed by atoms with van der Waals surface area (Å²) in [7, 11) is 0. The fourth-order valence-corrected chi connectivity index (χ4v) is 4.43. The van der Waals surface area contributed by atoms with Gasteiger partial charge >= 0.3 is 0 Å². The first-order valence-electron chi connectivity index (χ1n) is 10.4. The van der Waals surface area contributed by atoms with Crippen LogP contribution in [0.1, 0.15) is 48.2 Å². The van der Waals surface area contributed by atoms with Crippen molar-refractivity contribution in [3.63, 3.8) is 0 Å². The Morgan fingerprint density at radius 3 is 2.50 bits per heavy atom. The van der Waals surface area contributed by atoms with Gasteiger partial charge in [-0.15, -0.1) is 0 Å². The van der Waals surface area contributed by atoms with E-state index >= 15 is 0 Å². The zero-order valence-electron chi connectivity index (χ0n) is 17.5. The zero-order valence-corrected chi connectivity index (χ0v) is 17.5. The average molecular weight is 440 g/mol. The Bertz CT molecular complexity index is 1120. The Labute approximate surface area is 183 Å². The second-order valence-electron chi connectivity index (χ2n) is 8.31. The number of carbonyl (C=O) groups excluding carboxylic acids is 1. The molecule has 0 radical (unpaired) electrons. The fraction of sp³-hybridized carbons (Fsp3) is 0.292. The summed E-state index contributed by atoms with van der Waals surface area (Å²) in [4.78, 5) is 20.9. The van der Waals surface area contributed by atoms with E-state index in [0.29, 0.717) is 11.6 Å². The molecule has 8 heteroatoms. The molecule has 0 saturated heterocycles. The topological polar surface area (TPSA) is 80.9 Å². The van der Waals surface area contributed by atoms with Gasteiger partial charge in [-0.25, -0.2) is 18.2 Å². The summed E-state index contributed by atoms with van der Waals surface area (Å²) >= 11 is 0. The lowest BCUT2D eigenvalue weighted by molar-refractivity contribution is 0.102. The minimum Gasteiger partial charge on any atom is -0.328 e. The SMILES string of the molecule is C[C@H]1C[C@H](N)C[C@H](c2ccncc2NC(=O)c2ccc(F)c(-c3c(F)cccc3F)n2)C1. The summed E-state index contributed by atoms with van der Waals surface area (Å²) < 4.78 is 42.6. The number of amides is 1. The minimum absolute atomic E-state index is 0.0810. The average Bonchev–Trinajstić information content (AvgIpc) is 2.74. The van der Waals surface area contributed by atoms with Gasteiger partial charge in [0.2, 0.25) is 0 Å². The van der Waals surface area contributed by atoms with Crippen molar-refractivity contribution in [2.24, 2.45) is 11.7 Å². The number of hydrogen-bond donors (Lipinski definition) is 2. The van der Waals surface area contributed by atoms with E-state index in [9.17, 15) is 18.0 Å². The minimum atomic E-state index is -0.966. The molecular formula is C24H23F3N4O. The van der Waals surface area contributed by atoms with Gasteiger partial charge in [-0.2, -0.15) is 0 Å². The fourth-order valence-electron chi connectivity index (χ4n) is 4.43. The first kappa shape index (κ1) is 22.0. The van der Waals surface area contributed by atoms with Crippen LogP contribution in [-0.2, 0) is 0 Å². The number of nitrogens with one attached hydrogen (secondary N) is 1. The molecule has 0 aliphatic heterocycles. The predicted octanol–water partition coefficient (Wildman–Crippen LogP) is 5.04. The number of halogens is 3. The predicted molar refractivity (Wildman–Crippen MR) is 115 cm³/mol. The van der Waals surface area contributed by atoms with Crippen molar-refractivity contribution < 1.29 is 18.0 Å². The molecule has 1 fully saturated rings. The van der Waals surface area contributed by atoms with E-state index in [1.807, 2.05) is 6.07 Å². The van der Waals surface area contributed by atoms with Gasteiger partial charge in [-0.05, 0) is 67.0 Å². The number of rotatable bonds is 4. The van der Waals surface area contributed by atoms with Crippen LogP contribution in [0.3, 0.4) is 0 Å². The summed E-state index contributed by atoms with van der Waals surface area (Å²) in [5, 5.41) is 2.77. The van der Waals surface area contributed by atoms with Crippen LogP contribution in [0.25, 0.3) is 11.3 Å². The molecule has 3 N–H and O–H groups in total. The zero-order chi connectivity index (χ0) is 22.8. The van der Waals surface area contributed by atoms with Gasteiger partial charge < -0.3 is 11.1 Å². The Kier molecular flexibility index (Phi) is 6.23. The molecule has 3 atom stereocenters. The highest BCUT2D eigenvalue weighted by atomic mass is 19.1. The first-order valence-corrected chi connectivity index (χ1v) is 10.4. The number of nitrogens with zero attached hydrogens (tertiary/aromatic N) is 2. The molecule has 3 aromatic rings. The van der Waals surface area contributed by atoms with E-state index in [4.69, 9.17) is 5.73 Å². The van der Waals surface area contributed by atoms with E-state index in [0.717, 1.165) is 43.0 Å². The Morgan fingerprint density at radius 2 is 1.78 bits per heavy atom. The summed E-state index contributed by atoms with van der Waals surface area (Å²) in [6.07, 6.45) is 5.89. The van der Waals surface area contributed by atoms with Crippen LogP contribution in [0.15, 0.2) is 48.8 Å². The van der Waals surface area contributed by atoms with Crippen LogP contribution in [0.5, 0.6) is 0 Å². The highest BCUT2D eigenvalue weighted by Gasteiger charge is 2.28. The Balaban J connectivity index is 1.64. The quantitative estimate of drug-likeness (QED) is 0.595. The largest absolute Gasteiger partial charge is 0.328 e. The molecule has 32 heavy (non-hydrogen) atoms. The molecular weight excluding hydrogens is 417 g/mol. The standard InChI is InChI=1S/C24H23F3N4O/c1-13-9-14(11-15(28)10-13)16-7-8-29-12-21(16)31-24(32)20-6-5-19(27)23(30-20)22-17(25)3-2-4-18(22)26/h2-8,12-15H,9-11,28H2,1H3,(H,31,32)/t13-,14-,15+/m1/s1. The number of nitrogens with two attached hydrogens (primary N) is 1. The highest BCUT2D eigenvalue weighted by Crippen LogP contribution is 2.38. The maximum Gasteiger partial charge on any atom is 0.274 e. The summed E-state index contributed by atoms with van der Waals surface area (Å²) in [5.41, 5.74) is 6.26. The monoisotopic (exact) mass is 440 g/mol. The molecule has 1 saturated carbocycles. The van der Waals surface area contributed by atoms with Gasteiger partial charge in [-0.3, -0.25) is 9.78 Å². The lowest BCUT2D eigenvalue weighted by atomic mass is 9.76. The second kappa shape index (κ2) is 9.08. The number of benzene rings is 1. The molecule has 2 aromatic heterocycles. The van der Waals surface area contributed by atoms with Crippen molar-refractivity contribution in [3.05, 3.63) is 77.5 Å². The third-order valence-electron chi connectivity index (χ3n) is 5.80. The maximum absolute atomic E-state index is 14.3. The summed E-state index contributed by atoms with van der Waals surface area (Å²) in [6, 6.07) is 7.25. The Hall–Kier alpha value is -3.26. The number of anilines is 1. The van der Waals surface area contributed by atoms with Crippen LogP contribution in [0, 0.1) is 23.4 Å². The molecule has 166 valence electrons. The van der Waals surface area contributed by atoms with Gasteiger partial charge in [0.1, 0.15) is 28.8 Å². The molecule has 1 aliphatic carbocycles. The molecule has 0 unspecified atom stereocenters. The van der Waals surface area contributed by atoms with Crippen LogP contribution < -0.4 is 11.1 Å². The van der Waals surface area contributed by atoms with Crippen LogP contribution >= 0.6 is 0 Å². The van der Waals surface area contributed by atoms with E-state index in [1.54, 1.807) is 12.4 Å². The summed E-state index contributed by atoms with van der Waals surface area (Å²) in [6.45, 7) is 2.15. The van der Waals surface area contributed by atoms with E-state index < -0.39 is 34.6 Å². The van der Waals surface area contributed by atoms with Crippen LogP contribution in [0.4, 0.5) is 18.9 Å². The maximum atomic E-state index is 14.3. The number of aromatic nitrogens is 2. The number of hydrogen-bond acceptors (Lipinski definition) is 4. The molecule has 0 bridgehead atoms. The molecule has 4 rings (SSSR count). The Morgan fingerprint density at radius 1 is 1.03 bits per heavy atom. The number of carbonyl (C=O) groups is 1. The van der Waals surface area contributed by atoms with Crippen molar-refractivity contribution in [1.29, 1.82) is 0 Å². The van der Waals surface area contributed by atoms with Gasteiger partial charge in [0.15, 0.2) is 0 Å². The highest BCUT2D eigenvalue weighted by molar-refractivity contribution is 6.03. The van der Waals surface area contributed by atoms with E-state index in [2.05, 4.69) is 22.2 Å². The first-order chi connectivity index (χ1) is 15.3. The second-order valence-corrected chi connectivity index (χ2v) is 8.31. The van der Waals surface area contributed by atoms with Crippen molar-refractivity contribution in [3.8, 4) is 11.3 Å². The van der Waals surface area contributed by atoms with Crippen molar-refractivity contribution >= 4 is 11.6 Å². The van der Waals surface area contributed by atoms with Crippen molar-refractivity contribution in [1.82, 2.24) is 9.97 Å². The molecule has 2 heterocycles. The molecule has 1 aliphatic rings. The van der Waals surface area contributed by atoms with E-state index in [1.165, 1.54) is 12.1 Å². The van der Waals surface area contributed by atoms with Gasteiger partial charge in [0, 0.05) is 12.2 Å². The van der Waals surface area contributed by atoms with Gasteiger partial charge in [0.25, 0.3) is 5.91 Å². The van der Waals surface area contributed by atoms with E-state index in [-0.39, 0.29) is 17.7 Å². The van der Waals surface area contributed by atoms with Crippen LogP contribution in [-0.4, -0.2) is 21.9 Å². The van der Waals surface area contributed by atoms with Crippen LogP contribution in [0.2, 0.25) is 0 Å². The smallest absolute Gasteiger partial charge is 0.274 e. The third kappa shape index (κ3) is 4.50. The lowest BCUT2D eigenvalue weighted by Crippen LogP contribution is -2.31. The summed E-state index contributed by atoms with van der Waals surface area (Å²) in [5.74, 6) is -2.88. The molecule has 0 spiro atoms. The third-order valence-corrected chi connectivity index (χ3v) is 5.80.